The van der Waals surface area contributed by atoms with Gasteiger partial charge in [0.25, 0.3) is 11.1 Å². The Kier molecular flexibility index (Phi) is 7.80. The summed E-state index contributed by atoms with van der Waals surface area (Å²) >= 11 is 13.0. The van der Waals surface area contributed by atoms with Crippen LogP contribution < -0.4 is 10.1 Å². The van der Waals surface area contributed by atoms with Crippen LogP contribution in [0.5, 0.6) is 5.75 Å². The van der Waals surface area contributed by atoms with Crippen molar-refractivity contribution in [1.82, 2.24) is 4.90 Å². The summed E-state index contributed by atoms with van der Waals surface area (Å²) in [6.07, 6.45) is 1.59. The first-order valence-electron chi connectivity index (χ1n) is 10.6. The number of imide groups is 1. The van der Waals surface area contributed by atoms with Gasteiger partial charge in [-0.25, -0.2) is 0 Å². The van der Waals surface area contributed by atoms with Gasteiger partial charge >= 0.3 is 0 Å². The molecule has 1 aliphatic rings. The maximum atomic E-state index is 12.9. The Hall–Kier alpha value is -3.26. The van der Waals surface area contributed by atoms with Crippen LogP contribution in [0.3, 0.4) is 0 Å². The summed E-state index contributed by atoms with van der Waals surface area (Å²) in [5.41, 5.74) is 2.79. The number of rotatable bonds is 7. The maximum absolute atomic E-state index is 12.9. The van der Waals surface area contributed by atoms with E-state index in [1.54, 1.807) is 48.5 Å². The highest BCUT2D eigenvalue weighted by molar-refractivity contribution is 8.18. The Labute approximate surface area is 216 Å². The molecule has 4 rings (SSSR count). The molecule has 35 heavy (non-hydrogen) atoms. The van der Waals surface area contributed by atoms with Gasteiger partial charge in [-0.2, -0.15) is 0 Å². The summed E-state index contributed by atoms with van der Waals surface area (Å²) in [5, 5.41) is 3.24. The number of aryl methyl sites for hydroxylation is 1. The molecule has 3 aromatic carbocycles. The average Bonchev–Trinajstić information content (AvgIpc) is 3.09. The van der Waals surface area contributed by atoms with Crippen molar-refractivity contribution in [3.63, 3.8) is 0 Å². The number of carbonyl (C=O) groups is 3. The first kappa shape index (κ1) is 24.9. The minimum Gasteiger partial charge on any atom is -0.488 e. The van der Waals surface area contributed by atoms with Crippen LogP contribution in [0.15, 0.2) is 71.6 Å². The van der Waals surface area contributed by atoms with E-state index in [1.807, 2.05) is 31.2 Å². The first-order chi connectivity index (χ1) is 16.8. The predicted molar refractivity (Wildman–Crippen MR) is 140 cm³/mol. The number of ether oxygens (including phenoxy) is 1. The van der Waals surface area contributed by atoms with E-state index in [0.717, 1.165) is 27.8 Å². The molecule has 0 spiro atoms. The Morgan fingerprint density at radius 1 is 1.06 bits per heavy atom. The van der Waals surface area contributed by atoms with Crippen molar-refractivity contribution >= 4 is 63.8 Å². The molecule has 9 heteroatoms. The molecule has 1 N–H and O–H groups in total. The fourth-order valence-corrected chi connectivity index (χ4v) is 4.53. The van der Waals surface area contributed by atoms with E-state index in [1.165, 1.54) is 0 Å². The zero-order valence-corrected chi connectivity index (χ0v) is 20.9. The quantitative estimate of drug-likeness (QED) is 0.353. The summed E-state index contributed by atoms with van der Waals surface area (Å²) < 4.78 is 5.93. The minimum atomic E-state index is -0.543. The van der Waals surface area contributed by atoms with Gasteiger partial charge in [-0.15, -0.1) is 0 Å². The molecule has 0 unspecified atom stereocenters. The second-order valence-electron chi connectivity index (χ2n) is 7.69. The van der Waals surface area contributed by atoms with Crippen LogP contribution in [0, 0.1) is 6.92 Å². The van der Waals surface area contributed by atoms with E-state index in [9.17, 15) is 14.4 Å². The largest absolute Gasteiger partial charge is 0.488 e. The van der Waals surface area contributed by atoms with E-state index >= 15 is 0 Å². The fraction of sp³-hybridized carbons (Fsp3) is 0.115. The lowest BCUT2D eigenvalue weighted by molar-refractivity contribution is -0.127. The third kappa shape index (κ3) is 6.06. The number of thioether (sulfide) groups is 1. The Morgan fingerprint density at radius 3 is 2.60 bits per heavy atom. The topological polar surface area (TPSA) is 75.7 Å². The van der Waals surface area contributed by atoms with Crippen molar-refractivity contribution in [2.24, 2.45) is 0 Å². The Balaban J connectivity index is 1.46. The number of nitrogens with zero attached hydrogens (tertiary/aromatic N) is 1. The number of carbonyl (C=O) groups excluding carboxylic acids is 3. The highest BCUT2D eigenvalue weighted by Gasteiger charge is 2.36. The molecule has 1 heterocycles. The SMILES string of the molecule is Cc1ccc(Cl)cc1NC(=O)CN1C(=O)S/C(=C/c2ccccc2OCc2ccccc2Cl)C1=O. The number of amides is 3. The van der Waals surface area contributed by atoms with E-state index in [-0.39, 0.29) is 11.5 Å². The number of nitrogens with one attached hydrogen (secondary N) is 1. The average molecular weight is 527 g/mol. The van der Waals surface area contributed by atoms with Crippen LogP contribution in [-0.4, -0.2) is 28.5 Å². The molecule has 178 valence electrons. The lowest BCUT2D eigenvalue weighted by Crippen LogP contribution is -2.36. The van der Waals surface area contributed by atoms with E-state index < -0.39 is 23.6 Å². The third-order valence-electron chi connectivity index (χ3n) is 5.20. The van der Waals surface area contributed by atoms with Crippen molar-refractivity contribution in [2.45, 2.75) is 13.5 Å². The van der Waals surface area contributed by atoms with Crippen molar-refractivity contribution < 1.29 is 19.1 Å². The van der Waals surface area contributed by atoms with Gasteiger partial charge in [0.05, 0.1) is 4.91 Å². The summed E-state index contributed by atoms with van der Waals surface area (Å²) in [7, 11) is 0. The van der Waals surface area contributed by atoms with Crippen LogP contribution in [0.4, 0.5) is 10.5 Å². The van der Waals surface area contributed by atoms with E-state index in [4.69, 9.17) is 27.9 Å². The third-order valence-corrected chi connectivity index (χ3v) is 6.71. The molecule has 6 nitrogen and oxygen atoms in total. The number of para-hydroxylation sites is 1. The van der Waals surface area contributed by atoms with E-state index in [2.05, 4.69) is 5.32 Å². The van der Waals surface area contributed by atoms with Gasteiger partial charge in [0.1, 0.15) is 18.9 Å². The molecule has 0 saturated carbocycles. The second-order valence-corrected chi connectivity index (χ2v) is 9.53. The molecule has 3 amide bonds. The van der Waals surface area contributed by atoms with Gasteiger partial charge in [-0.3, -0.25) is 19.3 Å². The standard InChI is InChI=1S/C26H20Cl2N2O4S/c1-16-10-11-19(27)13-21(16)29-24(31)14-30-25(32)23(35-26(30)33)12-17-6-3-5-9-22(17)34-15-18-7-2-4-8-20(18)28/h2-13H,14-15H2,1H3,(H,29,31)/b23-12+. The minimum absolute atomic E-state index is 0.204. The lowest BCUT2D eigenvalue weighted by atomic mass is 10.1. The molecule has 0 radical (unpaired) electrons. The Bertz CT molecular complexity index is 1340. The van der Waals surface area contributed by atoms with Crippen molar-refractivity contribution in [2.75, 3.05) is 11.9 Å². The highest BCUT2D eigenvalue weighted by atomic mass is 35.5. The van der Waals surface area contributed by atoms with Gasteiger partial charge in [0, 0.05) is 26.9 Å². The number of hydrogen-bond donors (Lipinski definition) is 1. The smallest absolute Gasteiger partial charge is 0.294 e. The molecule has 1 aliphatic heterocycles. The van der Waals surface area contributed by atoms with Gasteiger partial charge in [0.2, 0.25) is 5.91 Å². The molecule has 0 bridgehead atoms. The zero-order chi connectivity index (χ0) is 24.9. The van der Waals surface area contributed by atoms with Crippen molar-refractivity contribution in [3.8, 4) is 5.75 Å². The summed E-state index contributed by atoms with van der Waals surface area (Å²) in [4.78, 5) is 39.1. The van der Waals surface area contributed by atoms with Gasteiger partial charge < -0.3 is 10.1 Å². The number of hydrogen-bond acceptors (Lipinski definition) is 5. The molecule has 1 fully saturated rings. The van der Waals surface area contributed by atoms with Crippen LogP contribution in [0.25, 0.3) is 6.08 Å². The highest BCUT2D eigenvalue weighted by Crippen LogP contribution is 2.34. The lowest BCUT2D eigenvalue weighted by Gasteiger charge is -2.14. The maximum Gasteiger partial charge on any atom is 0.294 e. The normalized spacial score (nSPS) is 14.5. The van der Waals surface area contributed by atoms with Gasteiger partial charge in [-0.05, 0) is 54.6 Å². The molecule has 0 atom stereocenters. The number of benzene rings is 3. The number of anilines is 1. The van der Waals surface area contributed by atoms with Gasteiger partial charge in [0.15, 0.2) is 0 Å². The second kappa shape index (κ2) is 11.0. The molecule has 0 aliphatic carbocycles. The number of halogens is 2. The van der Waals surface area contributed by atoms with Crippen LogP contribution >= 0.6 is 35.0 Å². The fourth-order valence-electron chi connectivity index (χ4n) is 3.34. The van der Waals surface area contributed by atoms with Crippen LogP contribution in [-0.2, 0) is 16.2 Å². The van der Waals surface area contributed by atoms with Crippen LogP contribution in [0.2, 0.25) is 10.0 Å². The Morgan fingerprint density at radius 2 is 1.80 bits per heavy atom. The summed E-state index contributed by atoms with van der Waals surface area (Å²) in [6, 6.07) is 19.6. The first-order valence-corrected chi connectivity index (χ1v) is 12.2. The molecular formula is C26H20Cl2N2O4S. The molecule has 3 aromatic rings. The zero-order valence-electron chi connectivity index (χ0n) is 18.6. The van der Waals surface area contributed by atoms with Crippen molar-refractivity contribution in [3.05, 3.63) is 98.4 Å². The molecule has 0 aromatic heterocycles. The van der Waals surface area contributed by atoms with Gasteiger partial charge in [-0.1, -0.05) is 65.7 Å². The summed E-state index contributed by atoms with van der Waals surface area (Å²) in [6.45, 7) is 1.66. The van der Waals surface area contributed by atoms with Crippen molar-refractivity contribution in [1.29, 1.82) is 0 Å². The van der Waals surface area contributed by atoms with Crippen LogP contribution in [0.1, 0.15) is 16.7 Å². The monoisotopic (exact) mass is 526 g/mol. The summed E-state index contributed by atoms with van der Waals surface area (Å²) in [5.74, 6) is -0.505. The predicted octanol–water partition coefficient (Wildman–Crippen LogP) is 6.56. The van der Waals surface area contributed by atoms with E-state index in [0.29, 0.717) is 27.0 Å². The molecule has 1 saturated heterocycles. The molecular weight excluding hydrogens is 507 g/mol.